The fourth-order valence-corrected chi connectivity index (χ4v) is 3.74. The van der Waals surface area contributed by atoms with Gasteiger partial charge >= 0.3 is 0 Å². The van der Waals surface area contributed by atoms with Crippen LogP contribution in [0.2, 0.25) is 0 Å². The third kappa shape index (κ3) is 3.88. The average Bonchev–Trinajstić information content (AvgIpc) is 3.05. The van der Waals surface area contributed by atoms with Crippen molar-refractivity contribution < 1.29 is 13.9 Å². The quantitative estimate of drug-likeness (QED) is 0.661. The Balaban J connectivity index is 2.32. The molecule has 29 heavy (non-hydrogen) atoms. The molecule has 1 aromatic heterocycles. The molecule has 0 saturated carbocycles. The lowest BCUT2D eigenvalue weighted by atomic mass is 10.2. The fraction of sp³-hybridized carbons (Fsp3) is 0.0952. The fourth-order valence-electron chi connectivity index (χ4n) is 2.69. The maximum atomic E-state index is 13.3. The lowest BCUT2D eigenvalue weighted by molar-refractivity contribution is 0.355. The Hall–Kier alpha value is -3.88. The van der Waals surface area contributed by atoms with Gasteiger partial charge in [0.2, 0.25) is 0 Å². The number of hydrogen-bond acceptors (Lipinski definition) is 6. The van der Waals surface area contributed by atoms with Gasteiger partial charge in [-0.2, -0.15) is 10.5 Å². The number of halogens is 1. The first-order chi connectivity index (χ1) is 14.0. The molecule has 0 amide bonds. The molecule has 3 aromatic rings. The largest absolute Gasteiger partial charge is 0.493 e. The number of rotatable bonds is 4. The van der Waals surface area contributed by atoms with Gasteiger partial charge in [-0.1, -0.05) is 6.07 Å². The van der Waals surface area contributed by atoms with Crippen LogP contribution in [0.5, 0.6) is 11.5 Å². The summed E-state index contributed by atoms with van der Waals surface area (Å²) in [6, 6.07) is 14.0. The maximum absolute atomic E-state index is 13.3. The van der Waals surface area contributed by atoms with Crippen molar-refractivity contribution in [2.24, 2.45) is 0 Å². The van der Waals surface area contributed by atoms with Gasteiger partial charge in [-0.25, -0.2) is 4.39 Å². The van der Waals surface area contributed by atoms with Crippen molar-refractivity contribution in [2.45, 2.75) is 0 Å². The van der Waals surface area contributed by atoms with Gasteiger partial charge in [0, 0.05) is 0 Å². The van der Waals surface area contributed by atoms with Gasteiger partial charge in [-0.3, -0.25) is 9.36 Å². The molecule has 0 N–H and O–H groups in total. The standard InChI is InChI=1S/C21H14FN3O3S/c1-27-17-8-3-13(9-18(17)28-2)10-19-20(26)25(16-6-4-15(22)5-7-16)21(29-19)14(11-23)12-24/h3-10H,1-2H3/b19-10-. The molecule has 0 aliphatic rings. The van der Waals surface area contributed by atoms with E-state index in [2.05, 4.69) is 0 Å². The van der Waals surface area contributed by atoms with Crippen molar-refractivity contribution in [2.75, 3.05) is 14.2 Å². The number of hydrogen-bond donors (Lipinski definition) is 0. The Morgan fingerprint density at radius 1 is 1.07 bits per heavy atom. The third-order valence-electron chi connectivity index (χ3n) is 4.05. The van der Waals surface area contributed by atoms with E-state index in [1.807, 2.05) is 12.1 Å². The zero-order valence-corrected chi connectivity index (χ0v) is 16.3. The van der Waals surface area contributed by atoms with E-state index in [1.165, 1.54) is 43.1 Å². The van der Waals surface area contributed by atoms with E-state index in [4.69, 9.17) is 9.47 Å². The van der Waals surface area contributed by atoms with Gasteiger partial charge in [0.15, 0.2) is 17.1 Å². The minimum absolute atomic E-state index is 0.179. The van der Waals surface area contributed by atoms with Gasteiger partial charge < -0.3 is 9.47 Å². The van der Waals surface area contributed by atoms with Gasteiger partial charge in [0.25, 0.3) is 5.56 Å². The molecule has 6 nitrogen and oxygen atoms in total. The van der Waals surface area contributed by atoms with Crippen LogP contribution in [0, 0.1) is 28.5 Å². The molecule has 1 heterocycles. The highest BCUT2D eigenvalue weighted by Gasteiger charge is 2.12. The van der Waals surface area contributed by atoms with Crippen LogP contribution in [-0.4, -0.2) is 18.8 Å². The summed E-state index contributed by atoms with van der Waals surface area (Å²) >= 11 is 1.01. The van der Waals surface area contributed by atoms with E-state index in [0.29, 0.717) is 27.3 Å². The first-order valence-electron chi connectivity index (χ1n) is 8.28. The third-order valence-corrected chi connectivity index (χ3v) is 5.14. The molecule has 2 aromatic carbocycles. The van der Waals surface area contributed by atoms with Crippen LogP contribution in [0.1, 0.15) is 5.56 Å². The van der Waals surface area contributed by atoms with Crippen LogP contribution < -0.4 is 24.2 Å². The summed E-state index contributed by atoms with van der Waals surface area (Å²) in [6.07, 6.45) is 1.63. The van der Waals surface area contributed by atoms with Crippen LogP contribution in [0.15, 0.2) is 47.3 Å². The van der Waals surface area contributed by atoms with Crippen molar-refractivity contribution in [3.63, 3.8) is 0 Å². The number of benzene rings is 2. The number of nitriles is 2. The zero-order valence-electron chi connectivity index (χ0n) is 15.5. The summed E-state index contributed by atoms with van der Waals surface area (Å²) in [5.41, 5.74) is 0.407. The summed E-state index contributed by atoms with van der Waals surface area (Å²) in [5.74, 6) is 0.587. The molecule has 0 fully saturated rings. The highest BCUT2D eigenvalue weighted by Crippen LogP contribution is 2.27. The first-order valence-corrected chi connectivity index (χ1v) is 9.10. The molecule has 144 valence electrons. The van der Waals surface area contributed by atoms with Crippen LogP contribution in [0.3, 0.4) is 0 Å². The Morgan fingerprint density at radius 2 is 1.72 bits per heavy atom. The SMILES string of the molecule is COc1ccc(/C=c2\sc(=C(C#N)C#N)n(-c3ccc(F)cc3)c2=O)cc1OC. The molecule has 0 radical (unpaired) electrons. The maximum Gasteiger partial charge on any atom is 0.273 e. The van der Waals surface area contributed by atoms with Crippen molar-refractivity contribution >= 4 is 23.0 Å². The van der Waals surface area contributed by atoms with E-state index in [-0.39, 0.29) is 10.2 Å². The Labute approximate surface area is 169 Å². The highest BCUT2D eigenvalue weighted by atomic mass is 32.1. The summed E-state index contributed by atoms with van der Waals surface area (Å²) in [7, 11) is 3.03. The lowest BCUT2D eigenvalue weighted by Gasteiger charge is -2.07. The van der Waals surface area contributed by atoms with Crippen LogP contribution >= 0.6 is 11.3 Å². The molecule has 0 spiro atoms. The number of nitrogens with zero attached hydrogens (tertiary/aromatic N) is 3. The number of ether oxygens (including phenoxy) is 2. The van der Waals surface area contributed by atoms with Crippen LogP contribution in [-0.2, 0) is 0 Å². The summed E-state index contributed by atoms with van der Waals surface area (Å²) in [4.78, 5) is 13.1. The van der Waals surface area contributed by atoms with Crippen molar-refractivity contribution in [1.82, 2.24) is 4.57 Å². The number of methoxy groups -OCH3 is 2. The van der Waals surface area contributed by atoms with E-state index in [1.54, 1.807) is 24.3 Å². The average molecular weight is 407 g/mol. The first kappa shape index (κ1) is 19.9. The molecule has 0 aliphatic heterocycles. The minimum atomic E-state index is -0.458. The molecule has 0 atom stereocenters. The molecule has 0 saturated heterocycles. The highest BCUT2D eigenvalue weighted by molar-refractivity contribution is 7.07. The molecule has 0 unspecified atom stereocenters. The van der Waals surface area contributed by atoms with E-state index >= 15 is 0 Å². The van der Waals surface area contributed by atoms with E-state index in [9.17, 15) is 19.7 Å². The molecular weight excluding hydrogens is 393 g/mol. The molecule has 0 bridgehead atoms. The van der Waals surface area contributed by atoms with Crippen molar-refractivity contribution in [3.8, 4) is 29.3 Å². The predicted octanol–water partition coefficient (Wildman–Crippen LogP) is 2.08. The second kappa shape index (κ2) is 8.42. The van der Waals surface area contributed by atoms with Crippen molar-refractivity contribution in [1.29, 1.82) is 10.5 Å². The van der Waals surface area contributed by atoms with Gasteiger partial charge in [-0.05, 0) is 48.0 Å². The Bertz CT molecular complexity index is 1310. The molecular formula is C21H14FN3O3S. The smallest absolute Gasteiger partial charge is 0.273 e. The number of thiazole rings is 1. The second-order valence-corrected chi connectivity index (χ2v) is 6.78. The van der Waals surface area contributed by atoms with Gasteiger partial charge in [0.1, 0.15) is 22.6 Å². The Morgan fingerprint density at radius 3 is 2.31 bits per heavy atom. The minimum Gasteiger partial charge on any atom is -0.493 e. The summed E-state index contributed by atoms with van der Waals surface area (Å²) in [5, 5.41) is 18.6. The molecule has 3 rings (SSSR count). The monoisotopic (exact) mass is 407 g/mol. The van der Waals surface area contributed by atoms with Crippen LogP contribution in [0.25, 0.3) is 17.3 Å². The summed E-state index contributed by atoms with van der Waals surface area (Å²) < 4.78 is 25.5. The normalized spacial score (nSPS) is 10.9. The number of aromatic nitrogens is 1. The van der Waals surface area contributed by atoms with Gasteiger partial charge in [-0.15, -0.1) is 11.3 Å². The molecule has 0 aliphatic carbocycles. The Kier molecular flexibility index (Phi) is 5.77. The van der Waals surface area contributed by atoms with Crippen molar-refractivity contribution in [3.05, 3.63) is 73.4 Å². The van der Waals surface area contributed by atoms with Gasteiger partial charge in [0.05, 0.1) is 24.4 Å². The second-order valence-electron chi connectivity index (χ2n) is 5.75. The topological polar surface area (TPSA) is 88.0 Å². The lowest BCUT2D eigenvalue weighted by Crippen LogP contribution is -2.30. The summed E-state index contributed by atoms with van der Waals surface area (Å²) in [6.45, 7) is 0. The van der Waals surface area contributed by atoms with E-state index < -0.39 is 11.4 Å². The predicted molar refractivity (Wildman–Crippen MR) is 107 cm³/mol. The molecule has 8 heteroatoms. The zero-order chi connectivity index (χ0) is 21.0. The van der Waals surface area contributed by atoms with E-state index in [0.717, 1.165) is 11.3 Å². The van der Waals surface area contributed by atoms with Crippen LogP contribution in [0.4, 0.5) is 4.39 Å².